The van der Waals surface area contributed by atoms with Crippen molar-refractivity contribution < 1.29 is 28.7 Å². The molecule has 0 radical (unpaired) electrons. The van der Waals surface area contributed by atoms with Crippen LogP contribution < -0.4 is 16.0 Å². The Morgan fingerprint density at radius 2 is 1.62 bits per heavy atom. The van der Waals surface area contributed by atoms with E-state index in [4.69, 9.17) is 4.74 Å². The van der Waals surface area contributed by atoms with Gasteiger partial charge in [0.2, 0.25) is 17.6 Å². The van der Waals surface area contributed by atoms with Crippen LogP contribution in [0.4, 0.5) is 4.79 Å². The molecule has 0 aliphatic carbocycles. The summed E-state index contributed by atoms with van der Waals surface area (Å²) in [6, 6.07) is -2.82. The monoisotopic (exact) mass is 520 g/mol. The molecule has 37 heavy (non-hydrogen) atoms. The summed E-state index contributed by atoms with van der Waals surface area (Å²) in [4.78, 5) is 65.8. The van der Waals surface area contributed by atoms with E-state index in [9.17, 15) is 24.0 Å². The van der Waals surface area contributed by atoms with E-state index in [-0.39, 0.29) is 13.0 Å². The van der Waals surface area contributed by atoms with E-state index in [0.717, 1.165) is 0 Å². The number of likely N-dealkylation sites (tertiary alicyclic amines) is 1. The van der Waals surface area contributed by atoms with Gasteiger partial charge in [-0.25, -0.2) is 4.79 Å². The van der Waals surface area contributed by atoms with Gasteiger partial charge in [0, 0.05) is 13.1 Å². The number of alkyl carbamates (subject to hydrolysis) is 1. The van der Waals surface area contributed by atoms with Gasteiger partial charge in [0.15, 0.2) is 0 Å². The van der Waals surface area contributed by atoms with Gasteiger partial charge in [0.05, 0.1) is 6.04 Å². The molecule has 4 amide bonds. The van der Waals surface area contributed by atoms with Crippen molar-refractivity contribution in [1.29, 1.82) is 0 Å². The van der Waals surface area contributed by atoms with Gasteiger partial charge in [-0.05, 0) is 58.3 Å². The van der Waals surface area contributed by atoms with Crippen LogP contribution in [0.2, 0.25) is 0 Å². The van der Waals surface area contributed by atoms with Crippen LogP contribution in [-0.2, 0) is 23.9 Å². The first-order chi connectivity index (χ1) is 17.1. The molecule has 3 N–H and O–H groups in total. The minimum absolute atomic E-state index is 0.203. The Morgan fingerprint density at radius 1 is 1.00 bits per heavy atom. The van der Waals surface area contributed by atoms with Crippen LogP contribution in [0, 0.1) is 5.41 Å². The predicted octanol–water partition coefficient (Wildman–Crippen LogP) is 2.63. The van der Waals surface area contributed by atoms with E-state index < -0.39 is 58.7 Å². The third kappa shape index (κ3) is 10.4. The minimum atomic E-state index is -1.05. The SMILES string of the molecule is C=CCCNC(=O)C(=O)C(CCC=C)NC(=O)[C@@H]1CCCN1C(=O)[C@@H](NC(=O)OC(C)(C)C)C(C)(C)C. The lowest BCUT2D eigenvalue weighted by Gasteiger charge is -2.36. The second kappa shape index (κ2) is 13.9. The zero-order valence-corrected chi connectivity index (χ0v) is 23.1. The fourth-order valence-electron chi connectivity index (χ4n) is 3.90. The van der Waals surface area contributed by atoms with Crippen molar-refractivity contribution in [3.8, 4) is 0 Å². The molecule has 1 aliphatic heterocycles. The summed E-state index contributed by atoms with van der Waals surface area (Å²) < 4.78 is 5.34. The molecular weight excluding hydrogens is 476 g/mol. The number of amides is 4. The van der Waals surface area contributed by atoms with Gasteiger partial charge in [-0.15, -0.1) is 13.2 Å². The number of hydrogen-bond donors (Lipinski definition) is 3. The lowest BCUT2D eigenvalue weighted by Crippen LogP contribution is -2.59. The topological polar surface area (TPSA) is 134 Å². The molecule has 0 spiro atoms. The van der Waals surface area contributed by atoms with Crippen LogP contribution in [0.15, 0.2) is 25.3 Å². The summed E-state index contributed by atoms with van der Waals surface area (Å²) in [5.41, 5.74) is -1.40. The summed E-state index contributed by atoms with van der Waals surface area (Å²) in [7, 11) is 0. The van der Waals surface area contributed by atoms with Crippen LogP contribution in [0.25, 0.3) is 0 Å². The number of rotatable bonds is 12. The Kier molecular flexibility index (Phi) is 12.0. The number of carbonyl (C=O) groups is 5. The quantitative estimate of drug-likeness (QED) is 0.206. The maximum atomic E-state index is 13.6. The van der Waals surface area contributed by atoms with Gasteiger partial charge < -0.3 is 25.6 Å². The summed E-state index contributed by atoms with van der Waals surface area (Å²) in [6.45, 7) is 18.4. The van der Waals surface area contributed by atoms with E-state index in [2.05, 4.69) is 29.1 Å². The summed E-state index contributed by atoms with van der Waals surface area (Å²) in [5.74, 6) is -2.47. The van der Waals surface area contributed by atoms with Gasteiger partial charge in [0.1, 0.15) is 17.7 Å². The molecule has 0 aromatic rings. The van der Waals surface area contributed by atoms with E-state index in [1.807, 2.05) is 20.8 Å². The van der Waals surface area contributed by atoms with Gasteiger partial charge in [-0.2, -0.15) is 0 Å². The van der Waals surface area contributed by atoms with E-state index in [1.165, 1.54) is 4.90 Å². The molecule has 0 bridgehead atoms. The summed E-state index contributed by atoms with van der Waals surface area (Å²) in [5, 5.41) is 7.87. The zero-order chi connectivity index (χ0) is 28.4. The van der Waals surface area contributed by atoms with Gasteiger partial charge in [0.25, 0.3) is 5.91 Å². The molecule has 0 saturated carbocycles. The molecule has 1 aliphatic rings. The van der Waals surface area contributed by atoms with E-state index in [1.54, 1.807) is 32.9 Å². The van der Waals surface area contributed by atoms with Crippen LogP contribution in [-0.4, -0.2) is 71.3 Å². The molecule has 1 unspecified atom stereocenters. The molecule has 0 aromatic heterocycles. The normalized spacial score (nSPS) is 17.2. The smallest absolute Gasteiger partial charge is 0.408 e. The molecule has 1 heterocycles. The molecule has 1 fully saturated rings. The number of ether oxygens (including phenoxy) is 1. The number of carbonyl (C=O) groups excluding carboxylic acids is 5. The van der Waals surface area contributed by atoms with E-state index in [0.29, 0.717) is 32.2 Å². The number of hydrogen-bond acceptors (Lipinski definition) is 6. The molecular formula is C27H44N4O6. The Hall–Kier alpha value is -3.17. The summed E-state index contributed by atoms with van der Waals surface area (Å²) in [6.07, 6.45) is 4.60. The standard InChI is InChI=1S/C27H44N4O6/c1-9-11-14-18(20(32)23(34)28-16-12-10-2)29-22(33)19-15-13-17-31(19)24(35)21(26(3,4)5)30-25(36)37-27(6,7)8/h9-10,18-19,21H,1-2,11-17H2,3-8H3,(H,28,34)(H,29,33)(H,30,36)/t18?,19-,21+/m0/s1. The highest BCUT2D eigenvalue weighted by Crippen LogP contribution is 2.26. The first kappa shape index (κ1) is 31.9. The number of Topliss-reactive ketones (excluding diaryl/α,β-unsaturated/α-hetero) is 1. The fraction of sp³-hybridized carbons (Fsp3) is 0.667. The van der Waals surface area contributed by atoms with Crippen LogP contribution >= 0.6 is 0 Å². The average molecular weight is 521 g/mol. The first-order valence-electron chi connectivity index (χ1n) is 12.8. The maximum Gasteiger partial charge on any atom is 0.408 e. The first-order valence-corrected chi connectivity index (χ1v) is 12.8. The van der Waals surface area contributed by atoms with E-state index >= 15 is 0 Å². The second-order valence-corrected chi connectivity index (χ2v) is 11.3. The van der Waals surface area contributed by atoms with Crippen LogP contribution in [0.3, 0.4) is 0 Å². The average Bonchev–Trinajstić information content (AvgIpc) is 3.27. The Morgan fingerprint density at radius 3 is 2.16 bits per heavy atom. The Balaban J connectivity index is 3.04. The third-order valence-electron chi connectivity index (χ3n) is 5.76. The molecule has 10 nitrogen and oxygen atoms in total. The van der Waals surface area contributed by atoms with Crippen LogP contribution in [0.1, 0.15) is 73.6 Å². The molecule has 208 valence electrons. The zero-order valence-electron chi connectivity index (χ0n) is 23.1. The highest BCUT2D eigenvalue weighted by Gasteiger charge is 2.43. The predicted molar refractivity (Wildman–Crippen MR) is 142 cm³/mol. The molecule has 3 atom stereocenters. The lowest BCUT2D eigenvalue weighted by molar-refractivity contribution is -0.144. The van der Waals surface area contributed by atoms with Crippen molar-refractivity contribution in [2.75, 3.05) is 13.1 Å². The maximum absolute atomic E-state index is 13.6. The Bertz CT molecular complexity index is 871. The van der Waals surface area contributed by atoms with Crippen molar-refractivity contribution in [3.05, 3.63) is 25.3 Å². The van der Waals surface area contributed by atoms with Crippen molar-refractivity contribution in [1.82, 2.24) is 20.9 Å². The van der Waals surface area contributed by atoms with Crippen molar-refractivity contribution >= 4 is 29.6 Å². The highest BCUT2D eigenvalue weighted by atomic mass is 16.6. The number of nitrogens with zero attached hydrogens (tertiary/aromatic N) is 1. The van der Waals surface area contributed by atoms with Gasteiger partial charge in [-0.1, -0.05) is 32.9 Å². The third-order valence-corrected chi connectivity index (χ3v) is 5.76. The van der Waals surface area contributed by atoms with Crippen molar-refractivity contribution in [3.63, 3.8) is 0 Å². The highest BCUT2D eigenvalue weighted by molar-refractivity contribution is 6.38. The van der Waals surface area contributed by atoms with Crippen molar-refractivity contribution in [2.45, 2.75) is 97.4 Å². The van der Waals surface area contributed by atoms with Gasteiger partial charge >= 0.3 is 6.09 Å². The number of nitrogens with one attached hydrogen (secondary N) is 3. The largest absolute Gasteiger partial charge is 0.444 e. The van der Waals surface area contributed by atoms with Crippen LogP contribution in [0.5, 0.6) is 0 Å². The fourth-order valence-corrected chi connectivity index (χ4v) is 3.90. The molecule has 10 heteroatoms. The summed E-state index contributed by atoms with van der Waals surface area (Å²) >= 11 is 0. The van der Waals surface area contributed by atoms with Gasteiger partial charge in [-0.3, -0.25) is 19.2 Å². The minimum Gasteiger partial charge on any atom is -0.444 e. The molecule has 0 aromatic carbocycles. The molecule has 1 saturated heterocycles. The molecule has 1 rings (SSSR count). The number of ketones is 1. The lowest BCUT2D eigenvalue weighted by atomic mass is 9.85. The second-order valence-electron chi connectivity index (χ2n) is 11.3. The Labute approximate surface area is 220 Å². The number of allylic oxidation sites excluding steroid dienone is 1. The van der Waals surface area contributed by atoms with Crippen molar-refractivity contribution in [2.24, 2.45) is 5.41 Å².